The number of nitrogens with two attached hydrogens (primary N) is 1. The minimum atomic E-state index is -4.63. The van der Waals surface area contributed by atoms with Gasteiger partial charge in [0, 0.05) is 26.2 Å². The molecule has 1 atom stereocenters. The molecule has 1 aliphatic rings. The van der Waals surface area contributed by atoms with Crippen LogP contribution in [0.5, 0.6) is 0 Å². The van der Waals surface area contributed by atoms with E-state index in [1.165, 1.54) is 0 Å². The average Bonchev–Trinajstić information content (AvgIpc) is 2.59. The second-order valence-corrected chi connectivity index (χ2v) is 7.75. The van der Waals surface area contributed by atoms with Crippen molar-refractivity contribution in [3.05, 3.63) is 29.8 Å². The van der Waals surface area contributed by atoms with Crippen molar-refractivity contribution in [1.82, 2.24) is 9.62 Å². The first-order valence-corrected chi connectivity index (χ1v) is 9.25. The molecule has 0 spiro atoms. The van der Waals surface area contributed by atoms with Crippen LogP contribution in [0, 0.1) is 5.92 Å². The molecule has 1 heterocycles. The van der Waals surface area contributed by atoms with Gasteiger partial charge in [-0.2, -0.15) is 17.5 Å². The summed E-state index contributed by atoms with van der Waals surface area (Å²) in [5, 5.41) is 2.61. The summed E-state index contributed by atoms with van der Waals surface area (Å²) in [5.41, 5.74) is 4.29. The Kier molecular flexibility index (Phi) is 7.87. The third-order valence-electron chi connectivity index (χ3n) is 4.00. The van der Waals surface area contributed by atoms with Crippen LogP contribution in [-0.2, 0) is 21.0 Å². The topological polar surface area (TPSA) is 92.5 Å². The molecule has 26 heavy (non-hydrogen) atoms. The van der Waals surface area contributed by atoms with Gasteiger partial charge < -0.3 is 11.1 Å². The third-order valence-corrected chi connectivity index (χ3v) is 5.86. The van der Waals surface area contributed by atoms with Crippen molar-refractivity contribution in [2.75, 3.05) is 26.2 Å². The van der Waals surface area contributed by atoms with E-state index in [9.17, 15) is 26.4 Å². The van der Waals surface area contributed by atoms with E-state index >= 15 is 0 Å². The van der Waals surface area contributed by atoms with Crippen LogP contribution in [0.15, 0.2) is 29.2 Å². The number of nitrogens with one attached hydrogen (secondary N) is 1. The third kappa shape index (κ3) is 5.32. The number of sulfonamides is 1. The van der Waals surface area contributed by atoms with E-state index in [1.54, 1.807) is 0 Å². The first-order chi connectivity index (χ1) is 11.7. The van der Waals surface area contributed by atoms with E-state index in [2.05, 4.69) is 5.32 Å². The highest BCUT2D eigenvalue weighted by molar-refractivity contribution is 7.89. The number of rotatable bonds is 5. The monoisotopic (exact) mass is 415 g/mol. The minimum Gasteiger partial charge on any atom is -0.355 e. The van der Waals surface area contributed by atoms with Crippen LogP contribution in [0.25, 0.3) is 0 Å². The van der Waals surface area contributed by atoms with E-state index in [0.717, 1.165) is 22.5 Å². The summed E-state index contributed by atoms with van der Waals surface area (Å²) < 4.78 is 64.8. The maximum atomic E-state index is 12.8. The molecule has 3 N–H and O–H groups in total. The van der Waals surface area contributed by atoms with Gasteiger partial charge in [-0.05, 0) is 31.0 Å². The second-order valence-electron chi connectivity index (χ2n) is 5.81. The van der Waals surface area contributed by atoms with Crippen molar-refractivity contribution in [3.8, 4) is 0 Å². The summed E-state index contributed by atoms with van der Waals surface area (Å²) in [6.45, 7) is 0.661. The first kappa shape index (κ1) is 22.7. The lowest BCUT2D eigenvalue weighted by Crippen LogP contribution is -2.46. The number of benzene rings is 1. The number of halogens is 4. The number of hydrogen-bond acceptors (Lipinski definition) is 4. The van der Waals surface area contributed by atoms with Crippen LogP contribution in [0.2, 0.25) is 0 Å². The number of piperidine rings is 1. The molecule has 0 aliphatic carbocycles. The number of carbonyl (C=O) groups excluding carboxylic acids is 1. The molecule has 1 aromatic carbocycles. The van der Waals surface area contributed by atoms with Crippen LogP contribution in [0.3, 0.4) is 0 Å². The lowest BCUT2D eigenvalue weighted by molar-refractivity contribution is -0.137. The number of amides is 1. The number of carbonyl (C=O) groups is 1. The lowest BCUT2D eigenvalue weighted by Gasteiger charge is -2.31. The van der Waals surface area contributed by atoms with Gasteiger partial charge in [0.15, 0.2) is 0 Å². The Morgan fingerprint density at radius 3 is 2.65 bits per heavy atom. The normalized spacial score (nSPS) is 18.8. The van der Waals surface area contributed by atoms with Gasteiger partial charge >= 0.3 is 6.18 Å². The Hall–Kier alpha value is -1.36. The second kappa shape index (κ2) is 9.03. The molecule has 0 saturated carbocycles. The largest absolute Gasteiger partial charge is 0.416 e. The molecule has 1 unspecified atom stereocenters. The molecule has 11 heteroatoms. The molecule has 1 saturated heterocycles. The van der Waals surface area contributed by atoms with E-state index in [-0.39, 0.29) is 44.5 Å². The van der Waals surface area contributed by atoms with Crippen molar-refractivity contribution < 1.29 is 26.4 Å². The molecule has 2 rings (SSSR count). The van der Waals surface area contributed by atoms with Crippen molar-refractivity contribution in [2.45, 2.75) is 23.9 Å². The first-order valence-electron chi connectivity index (χ1n) is 7.81. The molecule has 1 fully saturated rings. The van der Waals surface area contributed by atoms with Gasteiger partial charge in [0.25, 0.3) is 0 Å². The SMILES string of the molecule is Cl.NCCNC(=O)C1CCCN(S(=O)(=O)c2cccc(C(F)(F)F)c2)C1. The van der Waals surface area contributed by atoms with E-state index in [0.29, 0.717) is 18.9 Å². The van der Waals surface area contributed by atoms with Crippen molar-refractivity contribution in [3.63, 3.8) is 0 Å². The van der Waals surface area contributed by atoms with Gasteiger partial charge in [0.1, 0.15) is 0 Å². The molecule has 1 aromatic rings. The highest BCUT2D eigenvalue weighted by Crippen LogP contribution is 2.32. The summed E-state index contributed by atoms with van der Waals surface area (Å²) in [6, 6.07) is 3.62. The van der Waals surface area contributed by atoms with Gasteiger partial charge in [-0.3, -0.25) is 4.79 Å². The summed E-state index contributed by atoms with van der Waals surface area (Å²) in [7, 11) is -4.10. The van der Waals surface area contributed by atoms with Gasteiger partial charge in [-0.1, -0.05) is 6.07 Å². The van der Waals surface area contributed by atoms with Crippen LogP contribution in [-0.4, -0.2) is 44.8 Å². The summed E-state index contributed by atoms with van der Waals surface area (Å²) in [6.07, 6.45) is -3.65. The quantitative estimate of drug-likeness (QED) is 0.764. The molecule has 1 amide bonds. The van der Waals surface area contributed by atoms with Gasteiger partial charge in [0.2, 0.25) is 15.9 Å². The fourth-order valence-corrected chi connectivity index (χ4v) is 4.27. The Morgan fingerprint density at radius 2 is 2.04 bits per heavy atom. The fourth-order valence-electron chi connectivity index (χ4n) is 2.70. The molecule has 1 aliphatic heterocycles. The van der Waals surface area contributed by atoms with E-state index in [4.69, 9.17) is 5.73 Å². The van der Waals surface area contributed by atoms with Crippen LogP contribution >= 0.6 is 12.4 Å². The van der Waals surface area contributed by atoms with Gasteiger partial charge in [0.05, 0.1) is 16.4 Å². The van der Waals surface area contributed by atoms with Crippen LogP contribution in [0.4, 0.5) is 13.2 Å². The van der Waals surface area contributed by atoms with Gasteiger partial charge in [-0.15, -0.1) is 12.4 Å². The standard InChI is InChI=1S/C15H20F3N3O3S.ClH/c16-15(17,18)12-4-1-5-13(9-12)25(23,24)21-8-2-3-11(10-21)14(22)20-7-6-19;/h1,4-5,9,11H,2-3,6-8,10,19H2,(H,20,22);1H. The zero-order chi connectivity index (χ0) is 18.7. The van der Waals surface area contributed by atoms with Crippen LogP contribution in [0.1, 0.15) is 18.4 Å². The average molecular weight is 416 g/mol. The highest BCUT2D eigenvalue weighted by Gasteiger charge is 2.35. The van der Waals surface area contributed by atoms with Crippen molar-refractivity contribution in [1.29, 1.82) is 0 Å². The summed E-state index contributed by atoms with van der Waals surface area (Å²) >= 11 is 0. The molecule has 0 radical (unpaired) electrons. The predicted molar refractivity (Wildman–Crippen MR) is 92.2 cm³/mol. The molecule has 0 aromatic heterocycles. The van der Waals surface area contributed by atoms with Gasteiger partial charge in [-0.25, -0.2) is 8.42 Å². The maximum absolute atomic E-state index is 12.8. The number of nitrogens with zero attached hydrogens (tertiary/aromatic N) is 1. The Balaban J connectivity index is 0.00000338. The molecule has 0 bridgehead atoms. The van der Waals surface area contributed by atoms with Crippen molar-refractivity contribution >= 4 is 28.3 Å². The number of hydrogen-bond donors (Lipinski definition) is 2. The van der Waals surface area contributed by atoms with Crippen LogP contribution < -0.4 is 11.1 Å². The molecular formula is C15H21ClF3N3O3S. The molecular weight excluding hydrogens is 395 g/mol. The maximum Gasteiger partial charge on any atom is 0.416 e. The van der Waals surface area contributed by atoms with Crippen molar-refractivity contribution in [2.24, 2.45) is 11.7 Å². The molecule has 148 valence electrons. The Labute approximate surface area is 156 Å². The molecule has 6 nitrogen and oxygen atoms in total. The smallest absolute Gasteiger partial charge is 0.355 e. The summed E-state index contributed by atoms with van der Waals surface area (Å²) in [5.74, 6) is -0.838. The Bertz CT molecular complexity index is 728. The summed E-state index contributed by atoms with van der Waals surface area (Å²) in [4.78, 5) is 11.6. The zero-order valence-corrected chi connectivity index (χ0v) is 15.5. The lowest BCUT2D eigenvalue weighted by atomic mass is 9.99. The van der Waals surface area contributed by atoms with E-state index in [1.807, 2.05) is 0 Å². The number of alkyl halides is 3. The zero-order valence-electron chi connectivity index (χ0n) is 13.8. The highest BCUT2D eigenvalue weighted by atomic mass is 35.5. The fraction of sp³-hybridized carbons (Fsp3) is 0.533. The minimum absolute atomic E-state index is 0. The predicted octanol–water partition coefficient (Wildman–Crippen LogP) is 1.60. The van der Waals surface area contributed by atoms with E-state index < -0.39 is 32.6 Å². The Morgan fingerprint density at radius 1 is 1.35 bits per heavy atom.